The van der Waals surface area contributed by atoms with Crippen LogP contribution in [-0.2, 0) is 6.54 Å². The molecule has 4 nitrogen and oxygen atoms in total. The number of nitrogens with one attached hydrogen (secondary N) is 2. The van der Waals surface area contributed by atoms with Crippen molar-refractivity contribution in [2.75, 3.05) is 5.32 Å². The van der Waals surface area contributed by atoms with Gasteiger partial charge in [0.25, 0.3) is 0 Å². The minimum atomic E-state index is -0.283. The second-order valence-corrected chi connectivity index (χ2v) is 5.28. The van der Waals surface area contributed by atoms with Gasteiger partial charge in [0, 0.05) is 8.95 Å². The average molecular weight is 374 g/mol. The molecule has 0 saturated carbocycles. The van der Waals surface area contributed by atoms with Gasteiger partial charge in [-0.15, -0.1) is 0 Å². The first kappa shape index (κ1) is 13.2. The van der Waals surface area contributed by atoms with Gasteiger partial charge in [0.05, 0.1) is 18.5 Å². The van der Waals surface area contributed by atoms with Crippen LogP contribution in [0.2, 0.25) is 0 Å². The van der Waals surface area contributed by atoms with E-state index in [1.54, 1.807) is 24.5 Å². The van der Waals surface area contributed by atoms with Gasteiger partial charge in [0.1, 0.15) is 5.76 Å². The summed E-state index contributed by atoms with van der Waals surface area (Å²) in [4.78, 5) is 11.6. The summed E-state index contributed by atoms with van der Waals surface area (Å²) in [6, 6.07) is 8.82. The van der Waals surface area contributed by atoms with E-state index >= 15 is 0 Å². The monoisotopic (exact) mass is 372 g/mol. The van der Waals surface area contributed by atoms with Gasteiger partial charge >= 0.3 is 6.03 Å². The fourth-order valence-corrected chi connectivity index (χ4v) is 2.48. The molecule has 1 heterocycles. The number of carbonyl (C=O) groups excluding carboxylic acids is 1. The van der Waals surface area contributed by atoms with Crippen LogP contribution in [0.25, 0.3) is 0 Å². The minimum Gasteiger partial charge on any atom is -0.467 e. The van der Waals surface area contributed by atoms with Crippen molar-refractivity contribution in [3.63, 3.8) is 0 Å². The van der Waals surface area contributed by atoms with Crippen molar-refractivity contribution in [1.82, 2.24) is 5.32 Å². The zero-order chi connectivity index (χ0) is 13.0. The lowest BCUT2D eigenvalue weighted by Crippen LogP contribution is -2.28. The summed E-state index contributed by atoms with van der Waals surface area (Å²) in [5.74, 6) is 0.708. The molecule has 1 aromatic carbocycles. The van der Waals surface area contributed by atoms with Crippen LogP contribution < -0.4 is 10.6 Å². The third-order valence-electron chi connectivity index (χ3n) is 2.18. The number of amides is 2. The number of urea groups is 1. The van der Waals surface area contributed by atoms with E-state index in [-0.39, 0.29) is 6.03 Å². The first-order chi connectivity index (χ1) is 8.65. The molecule has 2 amide bonds. The van der Waals surface area contributed by atoms with E-state index in [2.05, 4.69) is 42.5 Å². The van der Waals surface area contributed by atoms with Crippen molar-refractivity contribution in [2.24, 2.45) is 0 Å². The van der Waals surface area contributed by atoms with Crippen molar-refractivity contribution in [2.45, 2.75) is 6.54 Å². The summed E-state index contributed by atoms with van der Waals surface area (Å²) >= 11 is 6.72. The Bertz CT molecular complexity index is 541. The highest BCUT2D eigenvalue weighted by molar-refractivity contribution is 9.11. The lowest BCUT2D eigenvalue weighted by atomic mass is 10.3. The Balaban J connectivity index is 1.91. The van der Waals surface area contributed by atoms with Crippen LogP contribution in [0.1, 0.15) is 5.76 Å². The number of furan rings is 1. The van der Waals surface area contributed by atoms with Gasteiger partial charge in [-0.25, -0.2) is 4.79 Å². The molecule has 6 heteroatoms. The molecule has 0 atom stereocenters. The van der Waals surface area contributed by atoms with E-state index in [1.807, 2.05) is 12.1 Å². The summed E-state index contributed by atoms with van der Waals surface area (Å²) in [5.41, 5.74) is 0.704. The van der Waals surface area contributed by atoms with Gasteiger partial charge in [-0.05, 0) is 46.3 Å². The van der Waals surface area contributed by atoms with Crippen molar-refractivity contribution in [3.8, 4) is 0 Å². The Morgan fingerprint density at radius 3 is 2.78 bits per heavy atom. The van der Waals surface area contributed by atoms with Gasteiger partial charge < -0.3 is 15.1 Å². The standard InChI is InChI=1S/C12H10Br2N2O2/c13-8-3-4-11(10(14)6-8)16-12(17)15-7-9-2-1-5-18-9/h1-6H,7H2,(H2,15,16,17). The molecule has 0 aliphatic heterocycles. The summed E-state index contributed by atoms with van der Waals surface area (Å²) in [7, 11) is 0. The summed E-state index contributed by atoms with van der Waals surface area (Å²) in [6.45, 7) is 0.354. The summed E-state index contributed by atoms with van der Waals surface area (Å²) in [5, 5.41) is 5.44. The topological polar surface area (TPSA) is 54.3 Å². The van der Waals surface area contributed by atoms with Gasteiger partial charge in [-0.3, -0.25) is 0 Å². The molecular formula is C12H10Br2N2O2. The molecule has 18 heavy (non-hydrogen) atoms. The molecular weight excluding hydrogens is 364 g/mol. The van der Waals surface area contributed by atoms with Crippen LogP contribution in [-0.4, -0.2) is 6.03 Å². The van der Waals surface area contributed by atoms with Crippen molar-refractivity contribution < 1.29 is 9.21 Å². The Morgan fingerprint density at radius 1 is 1.28 bits per heavy atom. The maximum absolute atomic E-state index is 11.6. The van der Waals surface area contributed by atoms with E-state index < -0.39 is 0 Å². The molecule has 2 N–H and O–H groups in total. The van der Waals surface area contributed by atoms with Crippen LogP contribution in [0, 0.1) is 0 Å². The minimum absolute atomic E-state index is 0.283. The fraction of sp³-hybridized carbons (Fsp3) is 0.0833. The summed E-state index contributed by atoms with van der Waals surface area (Å²) < 4.78 is 6.87. The highest BCUT2D eigenvalue weighted by Gasteiger charge is 2.06. The second-order valence-electron chi connectivity index (χ2n) is 3.51. The van der Waals surface area contributed by atoms with Gasteiger partial charge in [-0.1, -0.05) is 15.9 Å². The van der Waals surface area contributed by atoms with Crippen LogP contribution in [0.5, 0.6) is 0 Å². The van der Waals surface area contributed by atoms with Crippen LogP contribution in [0.3, 0.4) is 0 Å². The lowest BCUT2D eigenvalue weighted by Gasteiger charge is -2.08. The third-order valence-corrected chi connectivity index (χ3v) is 3.33. The Morgan fingerprint density at radius 2 is 2.11 bits per heavy atom. The molecule has 0 aliphatic carbocycles. The maximum atomic E-state index is 11.6. The number of anilines is 1. The first-order valence-corrected chi connectivity index (χ1v) is 6.76. The molecule has 2 aromatic rings. The molecule has 0 spiro atoms. The van der Waals surface area contributed by atoms with Gasteiger partial charge in [0.2, 0.25) is 0 Å². The van der Waals surface area contributed by atoms with Crippen molar-refractivity contribution in [3.05, 3.63) is 51.3 Å². The predicted octanol–water partition coefficient (Wildman–Crippen LogP) is 4.13. The normalized spacial score (nSPS) is 10.1. The van der Waals surface area contributed by atoms with E-state index in [0.717, 1.165) is 8.95 Å². The smallest absolute Gasteiger partial charge is 0.319 e. The number of hydrogen-bond acceptors (Lipinski definition) is 2. The predicted molar refractivity (Wildman–Crippen MR) is 76.4 cm³/mol. The van der Waals surface area contributed by atoms with Gasteiger partial charge in [0.15, 0.2) is 0 Å². The highest BCUT2D eigenvalue weighted by atomic mass is 79.9. The first-order valence-electron chi connectivity index (χ1n) is 5.17. The molecule has 2 rings (SSSR count). The zero-order valence-electron chi connectivity index (χ0n) is 9.24. The number of rotatable bonds is 3. The maximum Gasteiger partial charge on any atom is 0.319 e. The molecule has 0 aliphatic rings. The van der Waals surface area contributed by atoms with Crippen LogP contribution >= 0.6 is 31.9 Å². The molecule has 0 bridgehead atoms. The number of benzene rings is 1. The largest absolute Gasteiger partial charge is 0.467 e. The average Bonchev–Trinajstić information content (AvgIpc) is 2.83. The molecule has 94 valence electrons. The van der Waals surface area contributed by atoms with E-state index in [4.69, 9.17) is 4.42 Å². The Labute approximate surface area is 121 Å². The quantitative estimate of drug-likeness (QED) is 0.849. The zero-order valence-corrected chi connectivity index (χ0v) is 12.4. The van der Waals surface area contributed by atoms with Crippen molar-refractivity contribution in [1.29, 1.82) is 0 Å². The highest BCUT2D eigenvalue weighted by Crippen LogP contribution is 2.25. The second kappa shape index (κ2) is 6.06. The Kier molecular flexibility index (Phi) is 4.43. The molecule has 0 radical (unpaired) electrons. The molecule has 0 unspecified atom stereocenters. The van der Waals surface area contributed by atoms with Crippen LogP contribution in [0.15, 0.2) is 50.0 Å². The molecule has 0 saturated heterocycles. The van der Waals surface area contributed by atoms with Crippen molar-refractivity contribution >= 4 is 43.6 Å². The molecule has 0 fully saturated rings. The lowest BCUT2D eigenvalue weighted by molar-refractivity contribution is 0.251. The van der Waals surface area contributed by atoms with E-state index in [9.17, 15) is 4.79 Å². The number of carbonyl (C=O) groups is 1. The third kappa shape index (κ3) is 3.61. The van der Waals surface area contributed by atoms with Gasteiger partial charge in [-0.2, -0.15) is 0 Å². The Hall–Kier alpha value is -1.27. The SMILES string of the molecule is O=C(NCc1ccco1)Nc1ccc(Br)cc1Br. The fourth-order valence-electron chi connectivity index (χ4n) is 1.34. The number of hydrogen-bond donors (Lipinski definition) is 2. The summed E-state index contributed by atoms with van der Waals surface area (Å²) in [6.07, 6.45) is 1.57. The van der Waals surface area contributed by atoms with E-state index in [0.29, 0.717) is 18.0 Å². The van der Waals surface area contributed by atoms with Crippen LogP contribution in [0.4, 0.5) is 10.5 Å². The molecule has 1 aromatic heterocycles. The van der Waals surface area contributed by atoms with E-state index in [1.165, 1.54) is 0 Å². The number of halogens is 2.